The van der Waals surface area contributed by atoms with Gasteiger partial charge in [-0.05, 0) is 17.2 Å². The third kappa shape index (κ3) is 2.46. The maximum atomic E-state index is 5.76. The smallest absolute Gasteiger partial charge is 0.0950 e. The zero-order chi connectivity index (χ0) is 13.8. The number of fused-ring (bicyclic) bond motifs is 1. The predicted molar refractivity (Wildman–Crippen MR) is 81.2 cm³/mol. The topological polar surface area (TPSA) is 63.8 Å². The van der Waals surface area contributed by atoms with Crippen LogP contribution in [0.5, 0.6) is 0 Å². The standard InChI is InChI=1S/C16H16N4/c17-9-12-5-1-2-6-13(12)10-18-16-11-19-20-15-8-4-3-7-14(15)16/h1-8,11H,9-10,17H2,(H,18,20). The largest absolute Gasteiger partial charge is 0.379 e. The summed E-state index contributed by atoms with van der Waals surface area (Å²) in [6.45, 7) is 1.27. The van der Waals surface area contributed by atoms with Crippen molar-refractivity contribution in [1.29, 1.82) is 0 Å². The Morgan fingerprint density at radius 2 is 1.70 bits per heavy atom. The highest BCUT2D eigenvalue weighted by Gasteiger charge is 2.03. The second-order valence-electron chi connectivity index (χ2n) is 4.60. The first-order chi connectivity index (χ1) is 9.88. The minimum absolute atomic E-state index is 0.549. The molecule has 4 heteroatoms. The molecule has 0 amide bonds. The number of aromatic nitrogens is 2. The Bertz CT molecular complexity index is 719. The summed E-state index contributed by atoms with van der Waals surface area (Å²) in [5.74, 6) is 0. The number of hydrogen-bond acceptors (Lipinski definition) is 4. The Hall–Kier alpha value is -2.46. The molecule has 100 valence electrons. The van der Waals surface area contributed by atoms with Gasteiger partial charge in [-0.3, -0.25) is 0 Å². The molecular weight excluding hydrogens is 248 g/mol. The minimum atomic E-state index is 0.549. The zero-order valence-electron chi connectivity index (χ0n) is 11.1. The van der Waals surface area contributed by atoms with Crippen LogP contribution in [0.3, 0.4) is 0 Å². The number of benzene rings is 2. The molecule has 0 saturated carbocycles. The number of nitrogens with zero attached hydrogens (tertiary/aromatic N) is 2. The van der Waals surface area contributed by atoms with E-state index < -0.39 is 0 Å². The van der Waals surface area contributed by atoms with Crippen LogP contribution in [-0.4, -0.2) is 10.2 Å². The van der Waals surface area contributed by atoms with Crippen molar-refractivity contribution in [3.05, 3.63) is 65.9 Å². The molecule has 2 aromatic carbocycles. The van der Waals surface area contributed by atoms with E-state index in [2.05, 4.69) is 27.6 Å². The molecule has 0 saturated heterocycles. The monoisotopic (exact) mass is 264 g/mol. The molecule has 0 aliphatic heterocycles. The van der Waals surface area contributed by atoms with Gasteiger partial charge in [-0.25, -0.2) is 0 Å². The molecule has 4 nitrogen and oxygen atoms in total. The van der Waals surface area contributed by atoms with Crippen LogP contribution >= 0.6 is 0 Å². The molecule has 0 spiro atoms. The fraction of sp³-hybridized carbons (Fsp3) is 0.125. The second-order valence-corrected chi connectivity index (χ2v) is 4.60. The van der Waals surface area contributed by atoms with Gasteiger partial charge in [-0.2, -0.15) is 10.2 Å². The molecule has 1 heterocycles. The van der Waals surface area contributed by atoms with Gasteiger partial charge in [0.15, 0.2) is 0 Å². The highest BCUT2D eigenvalue weighted by molar-refractivity contribution is 5.90. The first kappa shape index (κ1) is 12.6. The number of nitrogens with one attached hydrogen (secondary N) is 1. The highest BCUT2D eigenvalue weighted by Crippen LogP contribution is 2.21. The van der Waals surface area contributed by atoms with Gasteiger partial charge in [-0.15, -0.1) is 0 Å². The van der Waals surface area contributed by atoms with Crippen LogP contribution in [0.25, 0.3) is 10.9 Å². The van der Waals surface area contributed by atoms with Gasteiger partial charge in [0, 0.05) is 18.5 Å². The van der Waals surface area contributed by atoms with Gasteiger partial charge in [0.1, 0.15) is 0 Å². The molecule has 20 heavy (non-hydrogen) atoms. The van der Waals surface area contributed by atoms with Crippen molar-refractivity contribution in [2.45, 2.75) is 13.1 Å². The summed E-state index contributed by atoms with van der Waals surface area (Å²) in [5.41, 5.74) is 10.0. The van der Waals surface area contributed by atoms with Crippen molar-refractivity contribution in [2.24, 2.45) is 5.73 Å². The number of anilines is 1. The van der Waals surface area contributed by atoms with Crippen molar-refractivity contribution >= 4 is 16.6 Å². The summed E-state index contributed by atoms with van der Waals surface area (Å²) in [7, 11) is 0. The number of hydrogen-bond donors (Lipinski definition) is 2. The van der Waals surface area contributed by atoms with Crippen LogP contribution in [0, 0.1) is 0 Å². The van der Waals surface area contributed by atoms with Crippen molar-refractivity contribution in [3.8, 4) is 0 Å². The quantitative estimate of drug-likeness (QED) is 0.760. The Labute approximate surface area is 117 Å². The lowest BCUT2D eigenvalue weighted by Crippen LogP contribution is -2.06. The van der Waals surface area contributed by atoms with Crippen molar-refractivity contribution in [3.63, 3.8) is 0 Å². The third-order valence-corrected chi connectivity index (χ3v) is 3.35. The normalized spacial score (nSPS) is 10.7. The lowest BCUT2D eigenvalue weighted by atomic mass is 10.1. The molecule has 1 aromatic heterocycles. The highest BCUT2D eigenvalue weighted by atomic mass is 15.1. The fourth-order valence-electron chi connectivity index (χ4n) is 2.27. The maximum absolute atomic E-state index is 5.76. The first-order valence-corrected chi connectivity index (χ1v) is 6.59. The summed E-state index contributed by atoms with van der Waals surface area (Å²) in [5, 5.41) is 12.6. The van der Waals surface area contributed by atoms with E-state index in [9.17, 15) is 0 Å². The van der Waals surface area contributed by atoms with Crippen LogP contribution in [0.2, 0.25) is 0 Å². The summed E-state index contributed by atoms with van der Waals surface area (Å²) < 4.78 is 0. The van der Waals surface area contributed by atoms with Crippen LogP contribution in [0.1, 0.15) is 11.1 Å². The number of nitrogens with two attached hydrogens (primary N) is 1. The van der Waals surface area contributed by atoms with Gasteiger partial charge >= 0.3 is 0 Å². The second kappa shape index (κ2) is 5.67. The zero-order valence-corrected chi connectivity index (χ0v) is 11.1. The summed E-state index contributed by atoms with van der Waals surface area (Å²) in [6.07, 6.45) is 1.76. The average Bonchev–Trinajstić information content (AvgIpc) is 2.53. The van der Waals surface area contributed by atoms with Gasteiger partial charge in [0.25, 0.3) is 0 Å². The van der Waals surface area contributed by atoms with Gasteiger partial charge < -0.3 is 11.1 Å². The van der Waals surface area contributed by atoms with E-state index in [-0.39, 0.29) is 0 Å². The van der Waals surface area contributed by atoms with Gasteiger partial charge in [-0.1, -0.05) is 42.5 Å². The van der Waals surface area contributed by atoms with E-state index >= 15 is 0 Å². The molecule has 0 unspecified atom stereocenters. The SMILES string of the molecule is NCc1ccccc1CNc1cnnc2ccccc12. The lowest BCUT2D eigenvalue weighted by Gasteiger charge is -2.11. The van der Waals surface area contributed by atoms with Crippen molar-refractivity contribution in [1.82, 2.24) is 10.2 Å². The summed E-state index contributed by atoms with van der Waals surface area (Å²) in [6, 6.07) is 16.1. The van der Waals surface area contributed by atoms with E-state index in [1.165, 1.54) is 5.56 Å². The maximum Gasteiger partial charge on any atom is 0.0950 e. The molecule has 0 aliphatic rings. The molecular formula is C16H16N4. The van der Waals surface area contributed by atoms with Crippen LogP contribution in [0.15, 0.2) is 54.7 Å². The average molecular weight is 264 g/mol. The molecule has 3 aromatic rings. The third-order valence-electron chi connectivity index (χ3n) is 3.35. The first-order valence-electron chi connectivity index (χ1n) is 6.59. The molecule has 3 N–H and O–H groups in total. The summed E-state index contributed by atoms with van der Waals surface area (Å²) >= 11 is 0. The van der Waals surface area contributed by atoms with E-state index in [1.807, 2.05) is 36.4 Å². The minimum Gasteiger partial charge on any atom is -0.379 e. The van der Waals surface area contributed by atoms with Crippen LogP contribution in [0.4, 0.5) is 5.69 Å². The molecule has 0 radical (unpaired) electrons. The fourth-order valence-corrected chi connectivity index (χ4v) is 2.27. The van der Waals surface area contributed by atoms with E-state index in [0.717, 1.165) is 28.7 Å². The molecule has 0 fully saturated rings. The molecule has 0 atom stereocenters. The van der Waals surface area contributed by atoms with Gasteiger partial charge in [0.05, 0.1) is 17.4 Å². The Morgan fingerprint density at radius 3 is 2.55 bits per heavy atom. The van der Waals surface area contributed by atoms with Crippen LogP contribution in [-0.2, 0) is 13.1 Å². The molecule has 0 bridgehead atoms. The predicted octanol–water partition coefficient (Wildman–Crippen LogP) is 2.70. The molecule has 3 rings (SSSR count). The Balaban J connectivity index is 1.87. The van der Waals surface area contributed by atoms with Crippen molar-refractivity contribution < 1.29 is 0 Å². The lowest BCUT2D eigenvalue weighted by molar-refractivity contribution is 1.00. The van der Waals surface area contributed by atoms with E-state index in [0.29, 0.717) is 6.54 Å². The van der Waals surface area contributed by atoms with Crippen LogP contribution < -0.4 is 11.1 Å². The summed E-state index contributed by atoms with van der Waals surface area (Å²) in [4.78, 5) is 0. The Morgan fingerprint density at radius 1 is 0.950 bits per heavy atom. The van der Waals surface area contributed by atoms with Crippen molar-refractivity contribution in [2.75, 3.05) is 5.32 Å². The Kier molecular flexibility index (Phi) is 3.56. The van der Waals surface area contributed by atoms with E-state index in [4.69, 9.17) is 5.73 Å². The van der Waals surface area contributed by atoms with E-state index in [1.54, 1.807) is 6.20 Å². The number of rotatable bonds is 4. The van der Waals surface area contributed by atoms with Gasteiger partial charge in [0.2, 0.25) is 0 Å². The molecule has 0 aliphatic carbocycles.